The first-order chi connectivity index (χ1) is 15.0. The van der Waals surface area contributed by atoms with Crippen LogP contribution >= 0.6 is 0 Å². The van der Waals surface area contributed by atoms with E-state index in [0.717, 1.165) is 6.42 Å². The van der Waals surface area contributed by atoms with E-state index in [4.69, 9.17) is 4.74 Å². The Morgan fingerprint density at radius 3 is 2.25 bits per heavy atom. The van der Waals surface area contributed by atoms with Crippen LogP contribution in [0.4, 0.5) is 4.79 Å². The van der Waals surface area contributed by atoms with E-state index in [1.165, 1.54) is 4.90 Å². The van der Waals surface area contributed by atoms with E-state index in [2.05, 4.69) is 33.1 Å². The number of ether oxygens (including phenoxy) is 1. The number of hydrogen-bond acceptors (Lipinski definition) is 5. The van der Waals surface area contributed by atoms with Crippen LogP contribution in [-0.4, -0.2) is 67.1 Å². The molecule has 1 saturated carbocycles. The maximum Gasteiger partial charge on any atom is 0.407 e. The van der Waals surface area contributed by atoms with Crippen molar-refractivity contribution in [3.63, 3.8) is 0 Å². The molecule has 2 fully saturated rings. The molecule has 3 N–H and O–H groups in total. The number of carbonyl (C=O) groups is 3. The Balaban J connectivity index is 1.45. The van der Waals surface area contributed by atoms with Gasteiger partial charge in [-0.1, -0.05) is 26.0 Å². The van der Waals surface area contributed by atoms with Crippen LogP contribution in [0.5, 0.6) is 0 Å². The third-order valence-electron chi connectivity index (χ3n) is 6.41. The highest BCUT2D eigenvalue weighted by Crippen LogP contribution is 2.52. The zero-order valence-corrected chi connectivity index (χ0v) is 20.0. The molecule has 9 nitrogen and oxygen atoms in total. The molecule has 5 atom stereocenters. The molecule has 2 bridgehead atoms. The van der Waals surface area contributed by atoms with Crippen LogP contribution in [0, 0.1) is 29.6 Å². The number of nitrogens with one attached hydrogen (secondary N) is 3. The molecular formula is C23H37N5O4. The number of rotatable bonds is 7. The number of allylic oxidation sites excluding steroid dienone is 2. The number of amides is 3. The molecule has 0 spiro atoms. The topological polar surface area (TPSA) is 112 Å². The van der Waals surface area contributed by atoms with Crippen LogP contribution in [0.1, 0.15) is 41.0 Å². The number of aliphatic imine (C=N–C) groups is 1. The number of alkyl carbamates (subject to hydrolysis) is 1. The third kappa shape index (κ3) is 5.24. The first-order valence-corrected chi connectivity index (χ1v) is 11.5. The summed E-state index contributed by atoms with van der Waals surface area (Å²) in [4.78, 5) is 43.3. The predicted octanol–water partition coefficient (Wildman–Crippen LogP) is 1.51. The van der Waals surface area contributed by atoms with Gasteiger partial charge < -0.3 is 20.7 Å². The Labute approximate surface area is 190 Å². The highest BCUT2D eigenvalue weighted by molar-refractivity contribution is 6.06. The number of nitrogens with zero attached hydrogens (tertiary/aromatic N) is 2. The molecule has 178 valence electrons. The molecule has 1 aliphatic heterocycles. The second-order valence-electron chi connectivity index (χ2n) is 10.2. The zero-order chi connectivity index (χ0) is 23.6. The van der Waals surface area contributed by atoms with Crippen molar-refractivity contribution in [2.24, 2.45) is 34.6 Å². The third-order valence-corrected chi connectivity index (χ3v) is 6.41. The van der Waals surface area contributed by atoms with Crippen molar-refractivity contribution >= 4 is 23.9 Å². The van der Waals surface area contributed by atoms with Crippen molar-refractivity contribution in [1.82, 2.24) is 20.9 Å². The summed E-state index contributed by atoms with van der Waals surface area (Å²) in [5.74, 6) is 0.755. The summed E-state index contributed by atoms with van der Waals surface area (Å²) in [5, 5.41) is 9.25. The van der Waals surface area contributed by atoms with Crippen LogP contribution < -0.4 is 16.0 Å². The molecule has 1 saturated heterocycles. The van der Waals surface area contributed by atoms with Gasteiger partial charge in [-0.25, -0.2) is 4.79 Å². The van der Waals surface area contributed by atoms with Crippen LogP contribution in [-0.2, 0) is 14.3 Å². The van der Waals surface area contributed by atoms with Crippen LogP contribution in [0.2, 0.25) is 0 Å². The van der Waals surface area contributed by atoms with Gasteiger partial charge >= 0.3 is 6.09 Å². The normalized spacial score (nSPS) is 27.7. The van der Waals surface area contributed by atoms with Gasteiger partial charge in [-0.05, 0) is 44.9 Å². The first-order valence-electron chi connectivity index (χ1n) is 11.5. The van der Waals surface area contributed by atoms with Crippen LogP contribution in [0.25, 0.3) is 0 Å². The van der Waals surface area contributed by atoms with Gasteiger partial charge in [0.25, 0.3) is 0 Å². The lowest BCUT2D eigenvalue weighted by Gasteiger charge is -2.26. The Bertz CT molecular complexity index is 771. The van der Waals surface area contributed by atoms with Crippen molar-refractivity contribution in [2.75, 3.05) is 26.7 Å². The molecule has 3 aliphatic rings. The second-order valence-corrected chi connectivity index (χ2v) is 10.2. The Morgan fingerprint density at radius 1 is 1.16 bits per heavy atom. The van der Waals surface area contributed by atoms with Gasteiger partial charge in [0.2, 0.25) is 11.8 Å². The molecule has 3 rings (SSSR count). The minimum atomic E-state index is -0.560. The SMILES string of the molecule is CN=C(NCCN1C(=O)C2C3C=CC(C3)C2C1=O)NCC(NC(=O)OC(C)(C)C)C(C)C. The van der Waals surface area contributed by atoms with Gasteiger partial charge in [0.1, 0.15) is 5.60 Å². The molecule has 3 amide bonds. The van der Waals surface area contributed by atoms with Crippen LogP contribution in [0.3, 0.4) is 0 Å². The molecule has 0 aromatic heterocycles. The van der Waals surface area contributed by atoms with E-state index in [9.17, 15) is 14.4 Å². The maximum absolute atomic E-state index is 12.8. The summed E-state index contributed by atoms with van der Waals surface area (Å²) in [7, 11) is 1.65. The molecule has 0 aromatic rings. The quantitative estimate of drug-likeness (QED) is 0.236. The summed E-state index contributed by atoms with van der Waals surface area (Å²) in [6.07, 6.45) is 4.67. The molecule has 5 unspecified atom stereocenters. The van der Waals surface area contributed by atoms with Gasteiger partial charge in [-0.15, -0.1) is 0 Å². The monoisotopic (exact) mass is 447 g/mol. The van der Waals surface area contributed by atoms with Crippen molar-refractivity contribution in [1.29, 1.82) is 0 Å². The van der Waals surface area contributed by atoms with E-state index in [0.29, 0.717) is 25.6 Å². The van der Waals surface area contributed by atoms with E-state index in [-0.39, 0.29) is 47.4 Å². The highest BCUT2D eigenvalue weighted by atomic mass is 16.6. The van der Waals surface area contributed by atoms with Gasteiger partial charge in [0, 0.05) is 26.7 Å². The van der Waals surface area contributed by atoms with Crippen molar-refractivity contribution < 1.29 is 19.1 Å². The highest BCUT2D eigenvalue weighted by Gasteiger charge is 2.58. The number of guanidine groups is 1. The maximum atomic E-state index is 12.8. The lowest BCUT2D eigenvalue weighted by atomic mass is 9.85. The second kappa shape index (κ2) is 9.50. The largest absolute Gasteiger partial charge is 0.444 e. The summed E-state index contributed by atoms with van der Waals surface area (Å²) in [6.45, 7) is 10.7. The minimum Gasteiger partial charge on any atom is -0.444 e. The average Bonchev–Trinajstić information content (AvgIpc) is 3.37. The van der Waals surface area contributed by atoms with E-state index < -0.39 is 11.7 Å². The number of imide groups is 1. The van der Waals surface area contributed by atoms with E-state index >= 15 is 0 Å². The molecule has 1 heterocycles. The minimum absolute atomic E-state index is 0.0389. The lowest BCUT2D eigenvalue weighted by Crippen LogP contribution is -2.51. The first kappa shape index (κ1) is 24.1. The fourth-order valence-electron chi connectivity index (χ4n) is 4.81. The molecular weight excluding hydrogens is 410 g/mol. The predicted molar refractivity (Wildman–Crippen MR) is 122 cm³/mol. The summed E-state index contributed by atoms with van der Waals surface area (Å²) >= 11 is 0. The van der Waals surface area contributed by atoms with Crippen molar-refractivity contribution in [3.8, 4) is 0 Å². The smallest absolute Gasteiger partial charge is 0.407 e. The zero-order valence-electron chi connectivity index (χ0n) is 20.0. The van der Waals surface area contributed by atoms with Gasteiger partial charge in [-0.2, -0.15) is 0 Å². The Kier molecular flexibility index (Phi) is 7.15. The summed E-state index contributed by atoms with van der Waals surface area (Å²) in [6, 6.07) is -0.160. The summed E-state index contributed by atoms with van der Waals surface area (Å²) in [5.41, 5.74) is -0.560. The average molecular weight is 448 g/mol. The molecule has 2 aliphatic carbocycles. The molecule has 0 aromatic carbocycles. The molecule has 32 heavy (non-hydrogen) atoms. The molecule has 0 radical (unpaired) electrons. The number of likely N-dealkylation sites (tertiary alicyclic amines) is 1. The summed E-state index contributed by atoms with van der Waals surface area (Å²) < 4.78 is 5.35. The van der Waals surface area contributed by atoms with E-state index in [1.54, 1.807) is 7.05 Å². The van der Waals surface area contributed by atoms with Crippen molar-refractivity contribution in [2.45, 2.75) is 52.7 Å². The number of carbonyl (C=O) groups excluding carboxylic acids is 3. The van der Waals surface area contributed by atoms with Gasteiger partial charge in [0.05, 0.1) is 17.9 Å². The number of hydrogen-bond donors (Lipinski definition) is 3. The van der Waals surface area contributed by atoms with Gasteiger partial charge in [0.15, 0.2) is 5.96 Å². The molecule has 9 heteroatoms. The lowest BCUT2D eigenvalue weighted by molar-refractivity contribution is -0.140. The van der Waals surface area contributed by atoms with E-state index in [1.807, 2.05) is 34.6 Å². The van der Waals surface area contributed by atoms with Crippen LogP contribution in [0.15, 0.2) is 17.1 Å². The van der Waals surface area contributed by atoms with Crippen molar-refractivity contribution in [3.05, 3.63) is 12.2 Å². The number of fused-ring (bicyclic) bond motifs is 5. The Morgan fingerprint density at radius 2 is 1.75 bits per heavy atom. The Hall–Kier alpha value is -2.58. The standard InChI is InChI=1S/C23H37N5O4/c1-13(2)16(27-22(31)32-23(3,4)5)12-26-21(24-6)25-9-10-28-19(29)17-14-7-8-15(11-14)18(17)20(28)30/h7-8,13-18H,9-12H2,1-6H3,(H,27,31)(H2,24,25,26). The fourth-order valence-corrected chi connectivity index (χ4v) is 4.81. The fraction of sp³-hybridized carbons (Fsp3) is 0.739. The van der Waals surface area contributed by atoms with Gasteiger partial charge in [-0.3, -0.25) is 19.5 Å².